The quantitative estimate of drug-likeness (QED) is 0.932. The van der Waals surface area contributed by atoms with Gasteiger partial charge in [-0.3, -0.25) is 0 Å². The van der Waals surface area contributed by atoms with Crippen LogP contribution in [-0.2, 0) is 13.2 Å². The highest BCUT2D eigenvalue weighted by Crippen LogP contribution is 2.21. The molecule has 94 valence electrons. The maximum atomic E-state index is 5.74. The van der Waals surface area contributed by atoms with Crippen LogP contribution in [-0.4, -0.2) is 0 Å². The molecule has 2 N–H and O–H groups in total. The van der Waals surface area contributed by atoms with Gasteiger partial charge in [-0.25, -0.2) is 0 Å². The maximum Gasteiger partial charge on any atom is 0.119 e. The van der Waals surface area contributed by atoms with E-state index in [2.05, 4.69) is 22.9 Å². The summed E-state index contributed by atoms with van der Waals surface area (Å²) < 4.78 is 6.78. The van der Waals surface area contributed by atoms with E-state index in [9.17, 15) is 0 Å². The summed E-state index contributed by atoms with van der Waals surface area (Å²) in [6.45, 7) is 3.16. The van der Waals surface area contributed by atoms with E-state index in [4.69, 9.17) is 10.5 Å². The Morgan fingerprint density at radius 1 is 1.11 bits per heavy atom. The van der Waals surface area contributed by atoms with Crippen molar-refractivity contribution >= 4 is 15.9 Å². The topological polar surface area (TPSA) is 35.2 Å². The van der Waals surface area contributed by atoms with Gasteiger partial charge in [-0.05, 0) is 30.7 Å². The number of aryl methyl sites for hydroxylation is 1. The minimum atomic E-state index is 0.550. The SMILES string of the molecule is Cc1ccc(OCc2ccc(CN)cc2Br)cc1. The summed E-state index contributed by atoms with van der Waals surface area (Å²) in [4.78, 5) is 0. The van der Waals surface area contributed by atoms with E-state index in [0.717, 1.165) is 21.3 Å². The van der Waals surface area contributed by atoms with Gasteiger partial charge in [0.15, 0.2) is 0 Å². The Labute approximate surface area is 116 Å². The van der Waals surface area contributed by atoms with E-state index in [1.165, 1.54) is 5.56 Å². The highest BCUT2D eigenvalue weighted by Gasteiger charge is 2.02. The lowest BCUT2D eigenvalue weighted by Gasteiger charge is -2.09. The van der Waals surface area contributed by atoms with Crippen LogP contribution >= 0.6 is 15.9 Å². The van der Waals surface area contributed by atoms with Gasteiger partial charge in [-0.2, -0.15) is 0 Å². The molecule has 0 radical (unpaired) electrons. The molecule has 0 aliphatic carbocycles. The number of nitrogens with two attached hydrogens (primary N) is 1. The van der Waals surface area contributed by atoms with E-state index >= 15 is 0 Å². The Morgan fingerprint density at radius 3 is 2.44 bits per heavy atom. The molecule has 0 saturated carbocycles. The molecule has 0 saturated heterocycles. The molecule has 18 heavy (non-hydrogen) atoms. The lowest BCUT2D eigenvalue weighted by atomic mass is 10.1. The van der Waals surface area contributed by atoms with Gasteiger partial charge in [0.05, 0.1) is 0 Å². The summed E-state index contributed by atoms with van der Waals surface area (Å²) in [5.74, 6) is 0.885. The second-order valence-corrected chi connectivity index (χ2v) is 5.09. The average Bonchev–Trinajstić information content (AvgIpc) is 2.39. The molecule has 2 aromatic carbocycles. The van der Waals surface area contributed by atoms with Gasteiger partial charge >= 0.3 is 0 Å². The monoisotopic (exact) mass is 305 g/mol. The fourth-order valence-electron chi connectivity index (χ4n) is 1.63. The molecule has 3 heteroatoms. The predicted octanol–water partition coefficient (Wildman–Crippen LogP) is 3.80. The van der Waals surface area contributed by atoms with Gasteiger partial charge in [0.1, 0.15) is 12.4 Å². The maximum absolute atomic E-state index is 5.74. The summed E-state index contributed by atoms with van der Waals surface area (Å²) in [7, 11) is 0. The Balaban J connectivity index is 2.04. The number of halogens is 1. The molecular weight excluding hydrogens is 290 g/mol. The highest BCUT2D eigenvalue weighted by atomic mass is 79.9. The first kappa shape index (κ1) is 13.1. The van der Waals surface area contributed by atoms with Crippen LogP contribution in [0.5, 0.6) is 5.75 Å². The van der Waals surface area contributed by atoms with Crippen LogP contribution in [0, 0.1) is 6.92 Å². The summed E-state index contributed by atoms with van der Waals surface area (Å²) in [6.07, 6.45) is 0. The Bertz CT molecular complexity index is 523. The normalized spacial score (nSPS) is 10.4. The molecule has 0 aliphatic rings. The molecule has 0 spiro atoms. The van der Waals surface area contributed by atoms with E-state index in [1.807, 2.05) is 42.5 Å². The van der Waals surface area contributed by atoms with Crippen molar-refractivity contribution in [3.8, 4) is 5.75 Å². The zero-order valence-electron chi connectivity index (χ0n) is 10.3. The third-order valence-electron chi connectivity index (χ3n) is 2.77. The van der Waals surface area contributed by atoms with Crippen molar-refractivity contribution in [3.63, 3.8) is 0 Å². The lowest BCUT2D eigenvalue weighted by molar-refractivity contribution is 0.305. The first-order chi connectivity index (χ1) is 8.69. The van der Waals surface area contributed by atoms with Crippen molar-refractivity contribution < 1.29 is 4.74 Å². The first-order valence-electron chi connectivity index (χ1n) is 5.86. The molecule has 0 atom stereocenters. The molecule has 0 aromatic heterocycles. The highest BCUT2D eigenvalue weighted by molar-refractivity contribution is 9.10. The average molecular weight is 306 g/mol. The molecule has 0 fully saturated rings. The molecule has 2 rings (SSSR count). The van der Waals surface area contributed by atoms with E-state index in [1.54, 1.807) is 0 Å². The number of ether oxygens (including phenoxy) is 1. The number of benzene rings is 2. The van der Waals surface area contributed by atoms with E-state index in [0.29, 0.717) is 13.2 Å². The zero-order chi connectivity index (χ0) is 13.0. The number of rotatable bonds is 4. The lowest BCUT2D eigenvalue weighted by Crippen LogP contribution is -2.00. The molecule has 2 nitrogen and oxygen atoms in total. The fourth-order valence-corrected chi connectivity index (χ4v) is 2.17. The van der Waals surface area contributed by atoms with Crippen molar-refractivity contribution in [2.75, 3.05) is 0 Å². The summed E-state index contributed by atoms with van der Waals surface area (Å²) >= 11 is 3.54. The first-order valence-corrected chi connectivity index (χ1v) is 6.65. The Kier molecular flexibility index (Phi) is 4.39. The third kappa shape index (κ3) is 3.34. The third-order valence-corrected chi connectivity index (χ3v) is 3.51. The molecule has 0 amide bonds. The number of hydrogen-bond acceptors (Lipinski definition) is 2. The Morgan fingerprint density at radius 2 is 1.83 bits per heavy atom. The Hall–Kier alpha value is -1.32. The summed E-state index contributed by atoms with van der Waals surface area (Å²) in [5, 5.41) is 0. The molecule has 2 aromatic rings. The van der Waals surface area contributed by atoms with Crippen LogP contribution in [0.15, 0.2) is 46.9 Å². The van der Waals surface area contributed by atoms with Crippen molar-refractivity contribution in [1.29, 1.82) is 0 Å². The van der Waals surface area contributed by atoms with Gasteiger partial charge in [0.25, 0.3) is 0 Å². The predicted molar refractivity (Wildman–Crippen MR) is 77.5 cm³/mol. The van der Waals surface area contributed by atoms with Gasteiger partial charge < -0.3 is 10.5 Å². The van der Waals surface area contributed by atoms with E-state index in [-0.39, 0.29) is 0 Å². The molecule has 0 heterocycles. The van der Waals surface area contributed by atoms with Crippen LogP contribution in [0.2, 0.25) is 0 Å². The fraction of sp³-hybridized carbons (Fsp3) is 0.200. The van der Waals surface area contributed by atoms with Crippen molar-refractivity contribution in [3.05, 3.63) is 63.6 Å². The number of hydrogen-bond donors (Lipinski definition) is 1. The van der Waals surface area contributed by atoms with Gasteiger partial charge in [0, 0.05) is 16.6 Å². The van der Waals surface area contributed by atoms with Crippen LogP contribution < -0.4 is 10.5 Å². The van der Waals surface area contributed by atoms with Gasteiger partial charge in [-0.15, -0.1) is 0 Å². The minimum absolute atomic E-state index is 0.550. The summed E-state index contributed by atoms with van der Waals surface area (Å²) in [6, 6.07) is 14.2. The standard InChI is InChI=1S/C15H16BrNO/c1-11-2-6-14(7-3-11)18-10-13-5-4-12(9-17)8-15(13)16/h2-8H,9-10,17H2,1H3. The van der Waals surface area contributed by atoms with Gasteiger partial charge in [-0.1, -0.05) is 45.8 Å². The van der Waals surface area contributed by atoms with Crippen molar-refractivity contribution in [2.45, 2.75) is 20.1 Å². The zero-order valence-corrected chi connectivity index (χ0v) is 11.9. The van der Waals surface area contributed by atoms with Crippen LogP contribution in [0.3, 0.4) is 0 Å². The second kappa shape index (κ2) is 6.03. The van der Waals surface area contributed by atoms with Crippen molar-refractivity contribution in [2.24, 2.45) is 5.73 Å². The largest absolute Gasteiger partial charge is 0.489 e. The van der Waals surface area contributed by atoms with Gasteiger partial charge in [0.2, 0.25) is 0 Å². The molecule has 0 bridgehead atoms. The van der Waals surface area contributed by atoms with E-state index < -0.39 is 0 Å². The second-order valence-electron chi connectivity index (χ2n) is 4.23. The molecule has 0 aliphatic heterocycles. The minimum Gasteiger partial charge on any atom is -0.489 e. The van der Waals surface area contributed by atoms with Crippen LogP contribution in [0.4, 0.5) is 0 Å². The molecule has 0 unspecified atom stereocenters. The smallest absolute Gasteiger partial charge is 0.119 e. The van der Waals surface area contributed by atoms with Crippen molar-refractivity contribution in [1.82, 2.24) is 0 Å². The van der Waals surface area contributed by atoms with Crippen LogP contribution in [0.25, 0.3) is 0 Å². The molecular formula is C15H16BrNO. The summed E-state index contributed by atoms with van der Waals surface area (Å²) in [5.41, 5.74) is 9.06. The van der Waals surface area contributed by atoms with Crippen LogP contribution in [0.1, 0.15) is 16.7 Å².